The number of anilines is 2. The summed E-state index contributed by atoms with van der Waals surface area (Å²) in [5, 5.41) is 9.41. The molecule has 38 heavy (non-hydrogen) atoms. The lowest BCUT2D eigenvalue weighted by Gasteiger charge is -2.19. The van der Waals surface area contributed by atoms with Crippen molar-refractivity contribution in [1.29, 1.82) is 0 Å². The van der Waals surface area contributed by atoms with Crippen LogP contribution in [-0.2, 0) is 5.41 Å². The smallest absolute Gasteiger partial charge is 0.293 e. The van der Waals surface area contributed by atoms with E-state index in [1.165, 1.54) is 6.07 Å². The number of halogens is 2. The number of carbonyl (C=O) groups excluding carboxylic acids is 2. The lowest BCUT2D eigenvalue weighted by atomic mass is 9.87. The second-order valence-corrected chi connectivity index (χ2v) is 10.8. The van der Waals surface area contributed by atoms with Gasteiger partial charge in [-0.3, -0.25) is 14.9 Å². The number of amides is 2. The number of carbonyl (C=O) groups is 2. The highest BCUT2D eigenvalue weighted by Gasteiger charge is 2.17. The first-order chi connectivity index (χ1) is 18.0. The summed E-state index contributed by atoms with van der Waals surface area (Å²) in [7, 11) is 0. The summed E-state index contributed by atoms with van der Waals surface area (Å²) in [4.78, 5) is 25.4. The lowest BCUT2D eigenvalue weighted by Crippen LogP contribution is -2.33. The number of thiocarbonyl (C=S) groups is 1. The van der Waals surface area contributed by atoms with Crippen molar-refractivity contribution in [2.75, 3.05) is 10.6 Å². The van der Waals surface area contributed by atoms with Gasteiger partial charge < -0.3 is 15.1 Å². The van der Waals surface area contributed by atoms with E-state index in [0.29, 0.717) is 38.3 Å². The Labute approximate surface area is 236 Å². The van der Waals surface area contributed by atoms with Gasteiger partial charge in [-0.15, -0.1) is 0 Å². The zero-order valence-corrected chi connectivity index (χ0v) is 23.2. The molecular formula is C29H25Cl2N3O3S. The molecule has 3 aromatic carbocycles. The minimum absolute atomic E-state index is 0.00594. The molecule has 0 unspecified atom stereocenters. The number of furan rings is 1. The fraction of sp³-hybridized carbons (Fsp3) is 0.138. The van der Waals surface area contributed by atoms with Gasteiger partial charge in [-0.1, -0.05) is 62.2 Å². The van der Waals surface area contributed by atoms with Crippen LogP contribution < -0.4 is 16.0 Å². The molecule has 1 aromatic heterocycles. The van der Waals surface area contributed by atoms with Crippen LogP contribution in [0.25, 0.3) is 11.3 Å². The molecule has 0 saturated heterocycles. The van der Waals surface area contributed by atoms with Crippen LogP contribution in [0.2, 0.25) is 10.0 Å². The number of benzene rings is 3. The van der Waals surface area contributed by atoms with Crippen LogP contribution >= 0.6 is 35.4 Å². The van der Waals surface area contributed by atoms with Crippen molar-refractivity contribution >= 4 is 63.7 Å². The van der Waals surface area contributed by atoms with Crippen molar-refractivity contribution in [2.45, 2.75) is 26.2 Å². The van der Waals surface area contributed by atoms with Gasteiger partial charge in [-0.25, -0.2) is 0 Å². The van der Waals surface area contributed by atoms with E-state index in [0.717, 1.165) is 5.56 Å². The topological polar surface area (TPSA) is 83.4 Å². The second kappa shape index (κ2) is 11.4. The molecule has 0 radical (unpaired) electrons. The fourth-order valence-corrected chi connectivity index (χ4v) is 4.21. The van der Waals surface area contributed by atoms with Gasteiger partial charge in [0.15, 0.2) is 10.9 Å². The first-order valence-corrected chi connectivity index (χ1v) is 12.9. The Hall–Kier alpha value is -3.65. The highest BCUT2D eigenvalue weighted by atomic mass is 35.5. The van der Waals surface area contributed by atoms with E-state index in [4.69, 9.17) is 39.8 Å². The van der Waals surface area contributed by atoms with Gasteiger partial charge in [-0.05, 0) is 83.9 Å². The average molecular weight is 567 g/mol. The average Bonchev–Trinajstić information content (AvgIpc) is 3.35. The first-order valence-electron chi connectivity index (χ1n) is 11.7. The van der Waals surface area contributed by atoms with Gasteiger partial charge in [0.2, 0.25) is 0 Å². The van der Waals surface area contributed by atoms with E-state index in [-0.39, 0.29) is 22.2 Å². The molecule has 2 amide bonds. The molecule has 0 aliphatic heterocycles. The third-order valence-corrected chi connectivity index (χ3v) is 6.41. The van der Waals surface area contributed by atoms with Crippen molar-refractivity contribution in [2.24, 2.45) is 0 Å². The summed E-state index contributed by atoms with van der Waals surface area (Å²) >= 11 is 17.6. The van der Waals surface area contributed by atoms with Crippen molar-refractivity contribution in [1.82, 2.24) is 5.32 Å². The first kappa shape index (κ1) is 27.4. The van der Waals surface area contributed by atoms with Gasteiger partial charge in [0, 0.05) is 27.5 Å². The van der Waals surface area contributed by atoms with E-state index >= 15 is 0 Å². The molecule has 6 nitrogen and oxygen atoms in total. The fourth-order valence-electron chi connectivity index (χ4n) is 3.62. The SMILES string of the molecule is CC(C)(C)c1ccc(C(=O)Nc2cccc(NC(=S)NC(=O)c3ccc(-c4cc(Cl)ccc4Cl)o3)c2)cc1. The molecule has 0 spiro atoms. The predicted octanol–water partition coefficient (Wildman–Crippen LogP) is 7.93. The number of hydrogen-bond donors (Lipinski definition) is 3. The van der Waals surface area contributed by atoms with Gasteiger partial charge in [-0.2, -0.15) is 0 Å². The van der Waals surface area contributed by atoms with E-state index in [9.17, 15) is 9.59 Å². The summed E-state index contributed by atoms with van der Waals surface area (Å²) in [5.74, 6) is -0.307. The standard InChI is InChI=1S/C29H25Cl2N3O3S/c1-29(2,3)18-9-7-17(8-10-18)26(35)32-20-5-4-6-21(16-20)33-28(38)34-27(36)25-14-13-24(37-25)22-15-19(30)11-12-23(22)31/h4-16H,1-3H3,(H,32,35)(H2,33,34,36,38). The molecule has 0 atom stereocenters. The lowest BCUT2D eigenvalue weighted by molar-refractivity contribution is 0.0950. The van der Waals surface area contributed by atoms with Crippen LogP contribution in [0.1, 0.15) is 47.2 Å². The number of rotatable bonds is 5. The normalized spacial score (nSPS) is 11.1. The molecular weight excluding hydrogens is 541 g/mol. The van der Waals surface area contributed by atoms with Gasteiger partial charge in [0.25, 0.3) is 11.8 Å². The van der Waals surface area contributed by atoms with Gasteiger partial charge in [0.1, 0.15) is 5.76 Å². The molecule has 1 heterocycles. The monoisotopic (exact) mass is 565 g/mol. The maximum Gasteiger partial charge on any atom is 0.293 e. The van der Waals surface area contributed by atoms with E-state index in [1.807, 2.05) is 24.3 Å². The Balaban J connectivity index is 1.36. The molecule has 0 saturated carbocycles. The Bertz CT molecular complexity index is 1510. The third-order valence-electron chi connectivity index (χ3n) is 5.64. The van der Waals surface area contributed by atoms with Crippen LogP contribution in [0.4, 0.5) is 11.4 Å². The minimum atomic E-state index is -0.532. The van der Waals surface area contributed by atoms with Gasteiger partial charge in [0.05, 0.1) is 5.02 Å². The summed E-state index contributed by atoms with van der Waals surface area (Å²) in [6.07, 6.45) is 0. The van der Waals surface area contributed by atoms with E-state index in [1.54, 1.807) is 48.5 Å². The molecule has 9 heteroatoms. The van der Waals surface area contributed by atoms with E-state index < -0.39 is 5.91 Å². The zero-order chi connectivity index (χ0) is 27.4. The molecule has 3 N–H and O–H groups in total. The number of hydrogen-bond acceptors (Lipinski definition) is 4. The summed E-state index contributed by atoms with van der Waals surface area (Å²) in [5.41, 5.74) is 3.44. The van der Waals surface area contributed by atoms with Crippen molar-refractivity contribution in [3.63, 3.8) is 0 Å². The Morgan fingerprint density at radius 3 is 2.18 bits per heavy atom. The van der Waals surface area contributed by atoms with Crippen molar-refractivity contribution in [3.8, 4) is 11.3 Å². The molecule has 0 aliphatic carbocycles. The maximum atomic E-state index is 12.7. The molecule has 0 bridgehead atoms. The summed E-state index contributed by atoms with van der Waals surface area (Å²) in [6.45, 7) is 6.36. The van der Waals surface area contributed by atoms with Crippen LogP contribution in [0.5, 0.6) is 0 Å². The van der Waals surface area contributed by atoms with Crippen LogP contribution in [0, 0.1) is 0 Å². The predicted molar refractivity (Wildman–Crippen MR) is 157 cm³/mol. The zero-order valence-electron chi connectivity index (χ0n) is 20.9. The summed E-state index contributed by atoms with van der Waals surface area (Å²) in [6, 6.07) is 22.7. The second-order valence-electron chi connectivity index (χ2n) is 9.56. The number of nitrogens with one attached hydrogen (secondary N) is 3. The quantitative estimate of drug-likeness (QED) is 0.214. The Kier molecular flexibility index (Phi) is 8.21. The molecule has 0 fully saturated rings. The van der Waals surface area contributed by atoms with Crippen LogP contribution in [-0.4, -0.2) is 16.9 Å². The van der Waals surface area contributed by atoms with Crippen molar-refractivity contribution in [3.05, 3.63) is 106 Å². The Morgan fingerprint density at radius 1 is 0.816 bits per heavy atom. The third kappa shape index (κ3) is 6.81. The summed E-state index contributed by atoms with van der Waals surface area (Å²) < 4.78 is 5.66. The minimum Gasteiger partial charge on any atom is -0.451 e. The molecule has 4 aromatic rings. The van der Waals surface area contributed by atoms with Crippen molar-refractivity contribution < 1.29 is 14.0 Å². The van der Waals surface area contributed by atoms with Crippen LogP contribution in [0.15, 0.2) is 83.3 Å². The Morgan fingerprint density at radius 2 is 1.50 bits per heavy atom. The van der Waals surface area contributed by atoms with Gasteiger partial charge >= 0.3 is 0 Å². The molecule has 0 aliphatic rings. The molecule has 194 valence electrons. The highest BCUT2D eigenvalue weighted by molar-refractivity contribution is 7.80. The van der Waals surface area contributed by atoms with Crippen LogP contribution in [0.3, 0.4) is 0 Å². The largest absolute Gasteiger partial charge is 0.451 e. The van der Waals surface area contributed by atoms with E-state index in [2.05, 4.69) is 36.7 Å². The highest BCUT2D eigenvalue weighted by Crippen LogP contribution is 2.32. The molecule has 4 rings (SSSR count). The maximum absolute atomic E-state index is 12.7.